The van der Waals surface area contributed by atoms with E-state index in [4.69, 9.17) is 21.7 Å². The van der Waals surface area contributed by atoms with Gasteiger partial charge in [0.25, 0.3) is 5.91 Å². The fraction of sp³-hybridized carbons (Fsp3) is 0.280. The molecule has 2 aromatic carbocycles. The largest absolute Gasteiger partial charge is 0.496 e. The summed E-state index contributed by atoms with van der Waals surface area (Å²) in [6.07, 6.45) is 3.59. The number of carbonyl (C=O) groups excluding carboxylic acids is 3. The van der Waals surface area contributed by atoms with Gasteiger partial charge in [-0.3, -0.25) is 14.5 Å². The Kier molecular flexibility index (Phi) is 9.24. The smallest absolute Gasteiger partial charge is 0.338 e. The highest BCUT2D eigenvalue weighted by atomic mass is 32.2. The molecule has 178 valence electrons. The Morgan fingerprint density at radius 1 is 1.15 bits per heavy atom. The fourth-order valence-corrected chi connectivity index (χ4v) is 4.44. The molecule has 1 saturated heterocycles. The first kappa shape index (κ1) is 25.5. The highest BCUT2D eigenvalue weighted by Crippen LogP contribution is 2.34. The normalized spacial score (nSPS) is 14.4. The second-order valence-corrected chi connectivity index (χ2v) is 9.12. The number of carbonyl (C=O) groups is 3. The van der Waals surface area contributed by atoms with Gasteiger partial charge in [0.1, 0.15) is 10.1 Å². The number of thiocarbonyl (C=S) groups is 1. The van der Waals surface area contributed by atoms with E-state index in [1.165, 1.54) is 16.7 Å². The van der Waals surface area contributed by atoms with Crippen molar-refractivity contribution >= 4 is 57.8 Å². The summed E-state index contributed by atoms with van der Waals surface area (Å²) in [5.41, 5.74) is 1.76. The van der Waals surface area contributed by atoms with Gasteiger partial charge in [-0.15, -0.1) is 0 Å². The van der Waals surface area contributed by atoms with Gasteiger partial charge < -0.3 is 14.8 Å². The summed E-state index contributed by atoms with van der Waals surface area (Å²) in [6, 6.07) is 13.9. The summed E-state index contributed by atoms with van der Waals surface area (Å²) in [6.45, 7) is 2.58. The number of rotatable bonds is 10. The van der Waals surface area contributed by atoms with Crippen LogP contribution in [0.4, 0.5) is 5.69 Å². The highest BCUT2D eigenvalue weighted by molar-refractivity contribution is 8.26. The molecule has 3 rings (SSSR count). The Bertz CT molecular complexity index is 1100. The van der Waals surface area contributed by atoms with E-state index in [-0.39, 0.29) is 30.7 Å². The van der Waals surface area contributed by atoms with Crippen molar-refractivity contribution in [1.82, 2.24) is 4.90 Å². The van der Waals surface area contributed by atoms with Crippen molar-refractivity contribution in [3.05, 3.63) is 64.6 Å². The van der Waals surface area contributed by atoms with Crippen molar-refractivity contribution in [1.29, 1.82) is 0 Å². The van der Waals surface area contributed by atoms with Crippen LogP contribution in [0.15, 0.2) is 53.4 Å². The first-order valence-electron chi connectivity index (χ1n) is 10.9. The number of nitrogens with zero attached hydrogens (tertiary/aromatic N) is 1. The van der Waals surface area contributed by atoms with Crippen molar-refractivity contribution in [2.24, 2.45) is 0 Å². The zero-order chi connectivity index (χ0) is 24.5. The van der Waals surface area contributed by atoms with Crippen LogP contribution >= 0.6 is 24.0 Å². The maximum Gasteiger partial charge on any atom is 0.338 e. The third kappa shape index (κ3) is 6.68. The third-order valence-electron chi connectivity index (χ3n) is 5.00. The lowest BCUT2D eigenvalue weighted by molar-refractivity contribution is -0.122. The maximum absolute atomic E-state index is 12.8. The number of unbranched alkanes of at least 4 members (excludes halogenated alkanes) is 1. The topological polar surface area (TPSA) is 84.9 Å². The van der Waals surface area contributed by atoms with Crippen molar-refractivity contribution in [2.45, 2.75) is 26.2 Å². The van der Waals surface area contributed by atoms with Crippen LogP contribution in [0.2, 0.25) is 0 Å². The van der Waals surface area contributed by atoms with Crippen LogP contribution in [0.3, 0.4) is 0 Å². The number of thioether (sulfide) groups is 1. The standard InChI is InChI=1S/C25H26N2O5S2/c1-3-4-15-32-24(30)17-9-11-19(12-10-17)26-22(28)13-14-27-23(29)21(34-25(27)33)16-18-7-5-6-8-20(18)31-2/h5-12,16H,3-4,13-15H2,1-2H3,(H,26,28)/b21-16-. The van der Waals surface area contributed by atoms with Crippen LogP contribution in [0.1, 0.15) is 42.1 Å². The number of para-hydroxylation sites is 1. The molecule has 1 aliphatic heterocycles. The summed E-state index contributed by atoms with van der Waals surface area (Å²) in [4.78, 5) is 39.1. The van der Waals surface area contributed by atoms with E-state index in [2.05, 4.69) is 5.32 Å². The van der Waals surface area contributed by atoms with Crippen LogP contribution in [0.25, 0.3) is 6.08 Å². The summed E-state index contributed by atoms with van der Waals surface area (Å²) in [7, 11) is 1.57. The number of hydrogen-bond acceptors (Lipinski definition) is 7. The number of methoxy groups -OCH3 is 1. The molecule has 0 spiro atoms. The van der Waals surface area contributed by atoms with E-state index in [1.54, 1.807) is 37.5 Å². The van der Waals surface area contributed by atoms with Gasteiger partial charge in [0.2, 0.25) is 5.91 Å². The van der Waals surface area contributed by atoms with Crippen LogP contribution < -0.4 is 10.1 Å². The number of ether oxygens (including phenoxy) is 2. The SMILES string of the molecule is CCCCOC(=O)c1ccc(NC(=O)CCN2C(=O)/C(=C/c3ccccc3OC)SC2=S)cc1. The summed E-state index contributed by atoms with van der Waals surface area (Å²) in [5, 5.41) is 2.77. The van der Waals surface area contributed by atoms with Crippen LogP contribution in [-0.4, -0.2) is 47.3 Å². The average molecular weight is 499 g/mol. The number of benzene rings is 2. The maximum atomic E-state index is 12.8. The monoisotopic (exact) mass is 498 g/mol. The molecule has 0 atom stereocenters. The molecule has 7 nitrogen and oxygen atoms in total. The first-order valence-corrected chi connectivity index (χ1v) is 12.1. The van der Waals surface area contributed by atoms with E-state index in [9.17, 15) is 14.4 Å². The van der Waals surface area contributed by atoms with E-state index < -0.39 is 0 Å². The van der Waals surface area contributed by atoms with Crippen molar-refractivity contribution < 1.29 is 23.9 Å². The van der Waals surface area contributed by atoms with Crippen LogP contribution in [-0.2, 0) is 14.3 Å². The zero-order valence-corrected chi connectivity index (χ0v) is 20.7. The molecule has 1 aliphatic rings. The molecule has 0 aromatic heterocycles. The number of amides is 2. The predicted octanol–water partition coefficient (Wildman–Crippen LogP) is 4.88. The summed E-state index contributed by atoms with van der Waals surface area (Å²) < 4.78 is 10.9. The molecule has 1 heterocycles. The van der Waals surface area contributed by atoms with Crippen LogP contribution in [0.5, 0.6) is 5.75 Å². The average Bonchev–Trinajstić information content (AvgIpc) is 3.10. The van der Waals surface area contributed by atoms with Crippen molar-refractivity contribution in [2.75, 3.05) is 25.6 Å². The molecule has 9 heteroatoms. The second kappa shape index (κ2) is 12.3. The van der Waals surface area contributed by atoms with Gasteiger partial charge in [-0.2, -0.15) is 0 Å². The number of esters is 1. The Labute approximate surface area is 208 Å². The van der Waals surface area contributed by atoms with E-state index in [1.807, 2.05) is 31.2 Å². The molecular formula is C25H26N2O5S2. The predicted molar refractivity (Wildman–Crippen MR) is 138 cm³/mol. The fourth-order valence-electron chi connectivity index (χ4n) is 3.14. The van der Waals surface area contributed by atoms with Gasteiger partial charge in [0, 0.05) is 24.2 Å². The van der Waals surface area contributed by atoms with Crippen molar-refractivity contribution in [3.8, 4) is 5.75 Å². The minimum Gasteiger partial charge on any atom is -0.496 e. The Morgan fingerprint density at radius 2 is 1.88 bits per heavy atom. The van der Waals surface area contributed by atoms with Gasteiger partial charge in [0.05, 0.1) is 24.2 Å². The summed E-state index contributed by atoms with van der Waals surface area (Å²) in [5.74, 6) is -0.227. The zero-order valence-electron chi connectivity index (χ0n) is 19.0. The Morgan fingerprint density at radius 3 is 2.59 bits per heavy atom. The second-order valence-electron chi connectivity index (χ2n) is 7.44. The first-order chi connectivity index (χ1) is 16.4. The minimum atomic E-state index is -0.387. The van der Waals surface area contributed by atoms with Crippen LogP contribution in [0, 0.1) is 0 Å². The number of anilines is 1. The van der Waals surface area contributed by atoms with Gasteiger partial charge in [-0.1, -0.05) is 55.5 Å². The highest BCUT2D eigenvalue weighted by Gasteiger charge is 2.32. The molecule has 1 N–H and O–H groups in total. The van der Waals surface area contributed by atoms with Gasteiger partial charge in [0.15, 0.2) is 0 Å². The number of nitrogens with one attached hydrogen (secondary N) is 1. The molecule has 34 heavy (non-hydrogen) atoms. The molecule has 0 aliphatic carbocycles. The molecule has 0 unspecified atom stereocenters. The molecule has 2 amide bonds. The Balaban J connectivity index is 1.53. The Hall–Kier alpha value is -3.17. The third-order valence-corrected chi connectivity index (χ3v) is 6.37. The molecule has 2 aromatic rings. The van der Waals surface area contributed by atoms with Crippen molar-refractivity contribution in [3.63, 3.8) is 0 Å². The molecule has 0 saturated carbocycles. The lowest BCUT2D eigenvalue weighted by Crippen LogP contribution is -2.31. The quantitative estimate of drug-likeness (QED) is 0.216. The van der Waals surface area contributed by atoms with E-state index in [0.717, 1.165) is 18.4 Å². The lowest BCUT2D eigenvalue weighted by Gasteiger charge is -2.14. The van der Waals surface area contributed by atoms with Gasteiger partial charge in [-0.25, -0.2) is 4.79 Å². The van der Waals surface area contributed by atoms with E-state index in [0.29, 0.717) is 32.8 Å². The molecular weight excluding hydrogens is 472 g/mol. The number of hydrogen-bond donors (Lipinski definition) is 1. The molecule has 0 bridgehead atoms. The summed E-state index contributed by atoms with van der Waals surface area (Å²) >= 11 is 6.55. The molecule has 0 radical (unpaired) electrons. The van der Waals surface area contributed by atoms with E-state index >= 15 is 0 Å². The minimum absolute atomic E-state index is 0.0786. The van der Waals surface area contributed by atoms with Gasteiger partial charge >= 0.3 is 5.97 Å². The molecule has 1 fully saturated rings. The van der Waals surface area contributed by atoms with Gasteiger partial charge in [-0.05, 0) is 42.8 Å². The lowest BCUT2D eigenvalue weighted by atomic mass is 10.2.